The van der Waals surface area contributed by atoms with Crippen LogP contribution in [-0.2, 0) is 14.8 Å². The number of piperidine rings is 1. The number of carbonyl (C=O) groups is 1. The van der Waals surface area contributed by atoms with Crippen molar-refractivity contribution in [3.63, 3.8) is 0 Å². The molecule has 0 aromatic heterocycles. The Kier molecular flexibility index (Phi) is 6.02. The summed E-state index contributed by atoms with van der Waals surface area (Å²) >= 11 is 9.18. The van der Waals surface area contributed by atoms with Crippen LogP contribution in [0.5, 0.6) is 0 Å². The number of benzene rings is 2. The summed E-state index contributed by atoms with van der Waals surface area (Å²) in [6.45, 7) is 0.584. The zero-order valence-corrected chi connectivity index (χ0v) is 17.0. The topological polar surface area (TPSA) is 66.5 Å². The second-order valence-electron chi connectivity index (χ2n) is 6.15. The number of hydrogen-bond donors (Lipinski definition) is 1. The molecule has 1 N–H and O–H groups in total. The molecule has 0 unspecified atom stereocenters. The van der Waals surface area contributed by atoms with E-state index in [-0.39, 0.29) is 23.3 Å². The molecular weight excluding hydrogens is 440 g/mol. The van der Waals surface area contributed by atoms with Gasteiger partial charge < -0.3 is 5.32 Å². The Morgan fingerprint density at radius 3 is 2.42 bits per heavy atom. The van der Waals surface area contributed by atoms with E-state index < -0.39 is 10.0 Å². The fourth-order valence-electron chi connectivity index (χ4n) is 2.91. The van der Waals surface area contributed by atoms with Crippen molar-refractivity contribution in [1.29, 1.82) is 0 Å². The lowest BCUT2D eigenvalue weighted by Gasteiger charge is -2.31. The molecule has 26 heavy (non-hydrogen) atoms. The molecule has 0 spiro atoms. The van der Waals surface area contributed by atoms with Crippen LogP contribution in [0.1, 0.15) is 12.8 Å². The Morgan fingerprint density at radius 2 is 1.77 bits per heavy atom. The van der Waals surface area contributed by atoms with Gasteiger partial charge in [-0.3, -0.25) is 4.79 Å². The Labute approximate surface area is 166 Å². The van der Waals surface area contributed by atoms with Crippen LogP contribution in [0, 0.1) is 5.92 Å². The first kappa shape index (κ1) is 19.4. The van der Waals surface area contributed by atoms with Gasteiger partial charge in [0, 0.05) is 28.3 Å². The first-order valence-corrected chi connectivity index (χ1v) is 10.8. The number of halogens is 2. The van der Waals surface area contributed by atoms with Crippen LogP contribution in [0.2, 0.25) is 5.02 Å². The number of anilines is 1. The molecule has 2 aromatic carbocycles. The second-order valence-corrected chi connectivity index (χ2v) is 9.44. The first-order chi connectivity index (χ1) is 12.4. The summed E-state index contributed by atoms with van der Waals surface area (Å²) in [7, 11) is -3.64. The SMILES string of the molecule is O=C(Nc1ccc(Br)cc1)[C@H]1CCCN(S(=O)(=O)c2ccc(Cl)cc2)C1. The maximum Gasteiger partial charge on any atom is 0.243 e. The quantitative estimate of drug-likeness (QED) is 0.750. The van der Waals surface area contributed by atoms with E-state index >= 15 is 0 Å². The van der Waals surface area contributed by atoms with Crippen molar-refractivity contribution in [2.24, 2.45) is 5.92 Å². The molecular formula is C18H18BrClN2O3S. The average molecular weight is 458 g/mol. The Morgan fingerprint density at radius 1 is 1.12 bits per heavy atom. The predicted molar refractivity (Wildman–Crippen MR) is 106 cm³/mol. The lowest BCUT2D eigenvalue weighted by Crippen LogP contribution is -2.43. The van der Waals surface area contributed by atoms with Gasteiger partial charge in [0.2, 0.25) is 15.9 Å². The summed E-state index contributed by atoms with van der Waals surface area (Å²) < 4.78 is 27.9. The zero-order chi connectivity index (χ0) is 18.7. The third kappa shape index (κ3) is 4.46. The van der Waals surface area contributed by atoms with E-state index in [1.807, 2.05) is 12.1 Å². The second kappa shape index (κ2) is 8.08. The molecule has 1 fully saturated rings. The molecule has 8 heteroatoms. The molecule has 0 aliphatic carbocycles. The van der Waals surface area contributed by atoms with Gasteiger partial charge in [0.05, 0.1) is 10.8 Å². The third-order valence-electron chi connectivity index (χ3n) is 4.32. The molecule has 1 saturated heterocycles. The Bertz CT molecular complexity index is 886. The van der Waals surface area contributed by atoms with E-state index in [0.717, 1.165) is 4.47 Å². The molecule has 1 aliphatic rings. The maximum atomic E-state index is 12.8. The van der Waals surface area contributed by atoms with Crippen LogP contribution in [0.15, 0.2) is 57.9 Å². The van der Waals surface area contributed by atoms with Crippen LogP contribution in [0.4, 0.5) is 5.69 Å². The van der Waals surface area contributed by atoms with Gasteiger partial charge in [0.15, 0.2) is 0 Å². The minimum absolute atomic E-state index is 0.164. The summed E-state index contributed by atoms with van der Waals surface area (Å²) in [5.74, 6) is -0.544. The Hall–Kier alpha value is -1.41. The van der Waals surface area contributed by atoms with Crippen LogP contribution < -0.4 is 5.32 Å². The summed E-state index contributed by atoms with van der Waals surface area (Å²) in [5, 5.41) is 3.34. The maximum absolute atomic E-state index is 12.8. The minimum atomic E-state index is -3.64. The highest BCUT2D eigenvalue weighted by molar-refractivity contribution is 9.10. The molecule has 0 radical (unpaired) electrons. The molecule has 1 atom stereocenters. The molecule has 5 nitrogen and oxygen atoms in total. The monoisotopic (exact) mass is 456 g/mol. The van der Waals surface area contributed by atoms with E-state index in [1.54, 1.807) is 24.3 Å². The van der Waals surface area contributed by atoms with E-state index in [0.29, 0.717) is 30.1 Å². The highest BCUT2D eigenvalue weighted by Crippen LogP contribution is 2.26. The molecule has 0 bridgehead atoms. The molecule has 1 amide bonds. The number of hydrogen-bond acceptors (Lipinski definition) is 3. The van der Waals surface area contributed by atoms with Crippen molar-refractivity contribution in [2.45, 2.75) is 17.7 Å². The van der Waals surface area contributed by atoms with Crippen molar-refractivity contribution in [3.8, 4) is 0 Å². The van der Waals surface area contributed by atoms with Gasteiger partial charge in [-0.2, -0.15) is 4.31 Å². The van der Waals surface area contributed by atoms with E-state index in [4.69, 9.17) is 11.6 Å². The summed E-state index contributed by atoms with van der Waals surface area (Å²) in [4.78, 5) is 12.7. The van der Waals surface area contributed by atoms with Crippen LogP contribution in [0.3, 0.4) is 0 Å². The van der Waals surface area contributed by atoms with E-state index in [9.17, 15) is 13.2 Å². The average Bonchev–Trinajstić information content (AvgIpc) is 2.64. The lowest BCUT2D eigenvalue weighted by molar-refractivity contribution is -0.120. The highest BCUT2D eigenvalue weighted by atomic mass is 79.9. The zero-order valence-electron chi connectivity index (χ0n) is 13.9. The summed E-state index contributed by atoms with van der Waals surface area (Å²) in [6.07, 6.45) is 1.31. The van der Waals surface area contributed by atoms with Gasteiger partial charge in [-0.25, -0.2) is 8.42 Å². The number of carbonyl (C=O) groups excluding carboxylic acids is 1. The Balaban J connectivity index is 1.71. The first-order valence-electron chi connectivity index (χ1n) is 8.18. The smallest absolute Gasteiger partial charge is 0.243 e. The number of nitrogens with one attached hydrogen (secondary N) is 1. The largest absolute Gasteiger partial charge is 0.326 e. The van der Waals surface area contributed by atoms with Crippen molar-refractivity contribution in [1.82, 2.24) is 4.31 Å². The van der Waals surface area contributed by atoms with E-state index in [1.165, 1.54) is 16.4 Å². The normalized spacial score (nSPS) is 18.5. The number of sulfonamides is 1. The standard InChI is InChI=1S/C18H18BrClN2O3S/c19-14-3-7-16(8-4-14)21-18(23)13-2-1-11-22(12-13)26(24,25)17-9-5-15(20)6-10-17/h3-10,13H,1-2,11-12H2,(H,21,23)/t13-/m0/s1. The fourth-order valence-corrected chi connectivity index (χ4v) is 4.82. The van der Waals surface area contributed by atoms with Crippen molar-refractivity contribution < 1.29 is 13.2 Å². The van der Waals surface area contributed by atoms with Gasteiger partial charge in [-0.05, 0) is 61.4 Å². The van der Waals surface area contributed by atoms with Crippen LogP contribution in [-0.4, -0.2) is 31.7 Å². The minimum Gasteiger partial charge on any atom is -0.326 e. The molecule has 138 valence electrons. The van der Waals surface area contributed by atoms with Gasteiger partial charge in [-0.1, -0.05) is 27.5 Å². The van der Waals surface area contributed by atoms with Crippen LogP contribution in [0.25, 0.3) is 0 Å². The van der Waals surface area contributed by atoms with Gasteiger partial charge >= 0.3 is 0 Å². The van der Waals surface area contributed by atoms with Crippen LogP contribution >= 0.6 is 27.5 Å². The number of nitrogens with zero attached hydrogens (tertiary/aromatic N) is 1. The van der Waals surface area contributed by atoms with Crippen molar-refractivity contribution in [2.75, 3.05) is 18.4 Å². The third-order valence-corrected chi connectivity index (χ3v) is 6.98. The highest BCUT2D eigenvalue weighted by Gasteiger charge is 2.33. The molecule has 2 aromatic rings. The summed E-state index contributed by atoms with van der Waals surface area (Å²) in [6, 6.07) is 13.4. The molecule has 0 saturated carbocycles. The molecule has 1 heterocycles. The lowest BCUT2D eigenvalue weighted by atomic mass is 9.99. The van der Waals surface area contributed by atoms with Crippen molar-refractivity contribution in [3.05, 3.63) is 58.0 Å². The van der Waals surface area contributed by atoms with Gasteiger partial charge in [0.1, 0.15) is 0 Å². The van der Waals surface area contributed by atoms with E-state index in [2.05, 4.69) is 21.2 Å². The van der Waals surface area contributed by atoms with Gasteiger partial charge in [0.25, 0.3) is 0 Å². The summed E-state index contributed by atoms with van der Waals surface area (Å²) in [5.41, 5.74) is 0.691. The van der Waals surface area contributed by atoms with Gasteiger partial charge in [-0.15, -0.1) is 0 Å². The number of rotatable bonds is 4. The fraction of sp³-hybridized carbons (Fsp3) is 0.278. The molecule has 1 aliphatic heterocycles. The number of amides is 1. The predicted octanol–water partition coefficient (Wildman–Crippen LogP) is 4.14. The van der Waals surface area contributed by atoms with Crippen molar-refractivity contribution >= 4 is 49.1 Å². The molecule has 3 rings (SSSR count).